The van der Waals surface area contributed by atoms with E-state index in [0.717, 1.165) is 23.4 Å². The van der Waals surface area contributed by atoms with Gasteiger partial charge in [0.2, 0.25) is 0 Å². The summed E-state index contributed by atoms with van der Waals surface area (Å²) in [6, 6.07) is 11.7. The monoisotopic (exact) mass is 388 g/mol. The molecule has 0 aliphatic rings. The predicted molar refractivity (Wildman–Crippen MR) is 96.2 cm³/mol. The van der Waals surface area contributed by atoms with Crippen LogP contribution < -0.4 is 10.2 Å². The Bertz CT molecular complexity index is 952. The number of rotatable bonds is 6. The predicted octanol–water partition coefficient (Wildman–Crippen LogP) is 3.42. The molecule has 1 heterocycles. The van der Waals surface area contributed by atoms with Gasteiger partial charge in [-0.1, -0.05) is 18.2 Å². The second-order valence-electron chi connectivity index (χ2n) is 5.67. The van der Waals surface area contributed by atoms with E-state index >= 15 is 0 Å². The summed E-state index contributed by atoms with van der Waals surface area (Å²) < 4.78 is 44.8. The van der Waals surface area contributed by atoms with Crippen LogP contribution in [0.25, 0.3) is 5.69 Å². The third kappa shape index (κ3) is 5.19. The number of carbonyl (C=O) groups excluding carboxylic acids is 1. The van der Waals surface area contributed by atoms with Gasteiger partial charge in [0.1, 0.15) is 5.75 Å². The molecule has 1 N–H and O–H groups in total. The van der Waals surface area contributed by atoms with E-state index in [-0.39, 0.29) is 5.75 Å². The quantitative estimate of drug-likeness (QED) is 0.520. The second kappa shape index (κ2) is 8.38. The molecule has 0 radical (unpaired) electrons. The van der Waals surface area contributed by atoms with Crippen molar-refractivity contribution in [3.8, 4) is 11.4 Å². The molecule has 0 aliphatic carbocycles. The summed E-state index contributed by atoms with van der Waals surface area (Å²) in [4.78, 5) is 15.7. The number of nitrogens with zero attached hydrogens (tertiary/aromatic N) is 3. The zero-order chi connectivity index (χ0) is 20.0. The lowest BCUT2D eigenvalue weighted by atomic mass is 10.2. The largest absolute Gasteiger partial charge is 0.484 e. The summed E-state index contributed by atoms with van der Waals surface area (Å²) in [5, 5.41) is 3.80. The highest BCUT2D eigenvalue weighted by molar-refractivity contribution is 5.83. The van der Waals surface area contributed by atoms with Crippen LogP contribution in [-0.2, 0) is 11.0 Å². The second-order valence-corrected chi connectivity index (χ2v) is 5.67. The Morgan fingerprint density at radius 2 is 2.00 bits per heavy atom. The Kier molecular flexibility index (Phi) is 5.73. The van der Waals surface area contributed by atoms with Crippen molar-refractivity contribution in [2.45, 2.75) is 6.18 Å². The Balaban J connectivity index is 1.49. The van der Waals surface area contributed by atoms with Crippen LogP contribution >= 0.6 is 0 Å². The molecule has 0 unspecified atom stereocenters. The highest BCUT2D eigenvalue weighted by Gasteiger charge is 2.30. The van der Waals surface area contributed by atoms with E-state index in [1.807, 2.05) is 35.0 Å². The standard InChI is InChI=1S/C19H15F3N4O2/c20-19(21,22)15-2-1-3-17(10-15)28-12-18(27)25-24-11-14-4-6-16(7-5-14)26-9-8-23-13-26/h1-11,13H,12H2,(H,25,27)/b24-11+. The molecular formula is C19H15F3N4O2. The lowest BCUT2D eigenvalue weighted by Crippen LogP contribution is -2.24. The summed E-state index contributed by atoms with van der Waals surface area (Å²) in [5.41, 5.74) is 3.09. The molecule has 0 fully saturated rings. The molecule has 0 bridgehead atoms. The zero-order valence-corrected chi connectivity index (χ0v) is 14.4. The third-order valence-corrected chi connectivity index (χ3v) is 3.63. The number of amides is 1. The number of ether oxygens (including phenoxy) is 1. The van der Waals surface area contributed by atoms with E-state index in [1.165, 1.54) is 18.3 Å². The van der Waals surface area contributed by atoms with Crippen LogP contribution in [0.15, 0.2) is 72.4 Å². The first-order valence-electron chi connectivity index (χ1n) is 8.12. The summed E-state index contributed by atoms with van der Waals surface area (Å²) >= 11 is 0. The molecule has 3 rings (SSSR count). The molecule has 0 atom stereocenters. The first-order valence-corrected chi connectivity index (χ1v) is 8.12. The van der Waals surface area contributed by atoms with Gasteiger partial charge in [-0.2, -0.15) is 18.3 Å². The van der Waals surface area contributed by atoms with Gasteiger partial charge in [-0.25, -0.2) is 10.4 Å². The molecule has 0 saturated carbocycles. The lowest BCUT2D eigenvalue weighted by Gasteiger charge is -2.09. The number of halogens is 3. The van der Waals surface area contributed by atoms with Crippen molar-refractivity contribution < 1.29 is 22.7 Å². The van der Waals surface area contributed by atoms with Gasteiger partial charge in [-0.3, -0.25) is 4.79 Å². The number of aromatic nitrogens is 2. The molecule has 2 aromatic carbocycles. The van der Waals surface area contributed by atoms with Gasteiger partial charge in [0, 0.05) is 18.1 Å². The van der Waals surface area contributed by atoms with Crippen molar-refractivity contribution in [1.82, 2.24) is 15.0 Å². The molecule has 0 saturated heterocycles. The fraction of sp³-hybridized carbons (Fsp3) is 0.105. The molecule has 0 aliphatic heterocycles. The van der Waals surface area contributed by atoms with Gasteiger partial charge in [-0.05, 0) is 35.9 Å². The number of alkyl halides is 3. The fourth-order valence-corrected chi connectivity index (χ4v) is 2.27. The summed E-state index contributed by atoms with van der Waals surface area (Å²) in [6.45, 7) is -0.460. The first-order chi connectivity index (χ1) is 13.4. The Labute approximate surface area is 158 Å². The van der Waals surface area contributed by atoms with Crippen LogP contribution in [0.3, 0.4) is 0 Å². The normalized spacial score (nSPS) is 11.5. The molecule has 1 aromatic heterocycles. The topological polar surface area (TPSA) is 68.5 Å². The number of nitrogens with one attached hydrogen (secondary N) is 1. The van der Waals surface area contributed by atoms with E-state index in [0.29, 0.717) is 0 Å². The number of imidazole rings is 1. The molecule has 0 spiro atoms. The summed E-state index contributed by atoms with van der Waals surface area (Å²) in [5.74, 6) is -0.646. The van der Waals surface area contributed by atoms with Crippen LogP contribution in [0.1, 0.15) is 11.1 Å². The average Bonchev–Trinajstić information content (AvgIpc) is 3.21. The van der Waals surface area contributed by atoms with Gasteiger partial charge in [0.25, 0.3) is 5.91 Å². The number of hydrogen-bond donors (Lipinski definition) is 1. The Morgan fingerprint density at radius 1 is 1.21 bits per heavy atom. The molecule has 9 heteroatoms. The molecule has 144 valence electrons. The van der Waals surface area contributed by atoms with Crippen molar-refractivity contribution >= 4 is 12.1 Å². The molecular weight excluding hydrogens is 373 g/mol. The van der Waals surface area contributed by atoms with Crippen LogP contribution in [0.2, 0.25) is 0 Å². The zero-order valence-electron chi connectivity index (χ0n) is 14.4. The maximum Gasteiger partial charge on any atom is 0.416 e. The van der Waals surface area contributed by atoms with Crippen molar-refractivity contribution in [2.75, 3.05) is 6.61 Å². The maximum absolute atomic E-state index is 12.6. The fourth-order valence-electron chi connectivity index (χ4n) is 2.27. The van der Waals surface area contributed by atoms with Crippen molar-refractivity contribution in [3.05, 3.63) is 78.4 Å². The number of hydrazone groups is 1. The Morgan fingerprint density at radius 3 is 2.68 bits per heavy atom. The van der Waals surface area contributed by atoms with Crippen LogP contribution in [-0.4, -0.2) is 28.3 Å². The van der Waals surface area contributed by atoms with Gasteiger partial charge in [-0.15, -0.1) is 0 Å². The maximum atomic E-state index is 12.6. The van der Waals surface area contributed by atoms with Crippen molar-refractivity contribution in [1.29, 1.82) is 0 Å². The van der Waals surface area contributed by atoms with E-state index in [2.05, 4.69) is 15.5 Å². The minimum atomic E-state index is -4.47. The molecule has 28 heavy (non-hydrogen) atoms. The van der Waals surface area contributed by atoms with Gasteiger partial charge in [0.15, 0.2) is 6.61 Å². The smallest absolute Gasteiger partial charge is 0.416 e. The highest BCUT2D eigenvalue weighted by atomic mass is 19.4. The van der Waals surface area contributed by atoms with E-state index in [4.69, 9.17) is 4.74 Å². The van der Waals surface area contributed by atoms with Crippen molar-refractivity contribution in [3.63, 3.8) is 0 Å². The highest BCUT2D eigenvalue weighted by Crippen LogP contribution is 2.31. The molecule has 3 aromatic rings. The number of hydrogen-bond acceptors (Lipinski definition) is 4. The lowest BCUT2D eigenvalue weighted by molar-refractivity contribution is -0.137. The average molecular weight is 388 g/mol. The van der Waals surface area contributed by atoms with Crippen LogP contribution in [0.4, 0.5) is 13.2 Å². The van der Waals surface area contributed by atoms with Crippen LogP contribution in [0, 0.1) is 0 Å². The first kappa shape index (κ1) is 19.2. The van der Waals surface area contributed by atoms with E-state index in [1.54, 1.807) is 12.5 Å². The van der Waals surface area contributed by atoms with E-state index in [9.17, 15) is 18.0 Å². The molecule has 6 nitrogen and oxygen atoms in total. The molecule has 1 amide bonds. The SMILES string of the molecule is O=C(COc1cccc(C(F)(F)F)c1)N/N=C/c1ccc(-n2ccnc2)cc1. The van der Waals surface area contributed by atoms with Gasteiger partial charge in [0.05, 0.1) is 18.1 Å². The van der Waals surface area contributed by atoms with E-state index < -0.39 is 24.3 Å². The summed E-state index contributed by atoms with van der Waals surface area (Å²) in [7, 11) is 0. The summed E-state index contributed by atoms with van der Waals surface area (Å²) in [6.07, 6.45) is 2.13. The van der Waals surface area contributed by atoms with Gasteiger partial charge < -0.3 is 9.30 Å². The van der Waals surface area contributed by atoms with Gasteiger partial charge >= 0.3 is 6.18 Å². The third-order valence-electron chi connectivity index (χ3n) is 3.63. The Hall–Kier alpha value is -3.62. The minimum absolute atomic E-state index is 0.0518. The number of benzene rings is 2. The number of carbonyl (C=O) groups is 1. The minimum Gasteiger partial charge on any atom is -0.484 e. The van der Waals surface area contributed by atoms with Crippen LogP contribution in [0.5, 0.6) is 5.75 Å². The van der Waals surface area contributed by atoms with Crippen molar-refractivity contribution in [2.24, 2.45) is 5.10 Å².